The highest BCUT2D eigenvalue weighted by atomic mass is 16.3. The molecular formula is C30H27NO. The van der Waals surface area contributed by atoms with Gasteiger partial charge in [-0.3, -0.25) is 0 Å². The van der Waals surface area contributed by atoms with Crippen molar-refractivity contribution in [1.82, 2.24) is 4.57 Å². The zero-order chi connectivity index (χ0) is 22.1. The Balaban J connectivity index is 1.68. The van der Waals surface area contributed by atoms with Crippen molar-refractivity contribution < 1.29 is 5.11 Å². The van der Waals surface area contributed by atoms with Gasteiger partial charge < -0.3 is 9.67 Å². The maximum Gasteiger partial charge on any atom is 0.119 e. The molecule has 1 N–H and O–H groups in total. The zero-order valence-electron chi connectivity index (χ0n) is 18.5. The fourth-order valence-electron chi connectivity index (χ4n) is 4.50. The third-order valence-corrected chi connectivity index (χ3v) is 6.33. The van der Waals surface area contributed by atoms with Crippen LogP contribution in [0.3, 0.4) is 0 Å². The molecule has 0 unspecified atom stereocenters. The smallest absolute Gasteiger partial charge is 0.119 e. The molecule has 2 heteroatoms. The molecule has 0 saturated heterocycles. The van der Waals surface area contributed by atoms with E-state index in [1.165, 1.54) is 11.1 Å². The lowest BCUT2D eigenvalue weighted by molar-refractivity contribution is 0.0814. The van der Waals surface area contributed by atoms with E-state index >= 15 is 0 Å². The number of hydrogen-bond acceptors (Lipinski definition) is 1. The summed E-state index contributed by atoms with van der Waals surface area (Å²) in [5.41, 5.74) is 6.42. The van der Waals surface area contributed by atoms with Gasteiger partial charge >= 0.3 is 0 Å². The van der Waals surface area contributed by atoms with Crippen molar-refractivity contribution in [3.63, 3.8) is 0 Å². The third-order valence-electron chi connectivity index (χ3n) is 6.33. The molecule has 4 aromatic carbocycles. The first-order valence-electron chi connectivity index (χ1n) is 11.1. The molecule has 0 aliphatic carbocycles. The lowest BCUT2D eigenvalue weighted by atomic mass is 9.81. The van der Waals surface area contributed by atoms with Crippen LogP contribution < -0.4 is 0 Å². The highest BCUT2D eigenvalue weighted by Gasteiger charge is 2.33. The Kier molecular flexibility index (Phi) is 5.16. The van der Waals surface area contributed by atoms with Crippen LogP contribution in [0.1, 0.15) is 27.8 Å². The summed E-state index contributed by atoms with van der Waals surface area (Å²) in [6.07, 6.45) is 2.66. The van der Waals surface area contributed by atoms with Gasteiger partial charge in [-0.1, -0.05) is 96.1 Å². The number of hydrogen-bond donors (Lipinski definition) is 1. The number of para-hydroxylation sites is 2. The van der Waals surface area contributed by atoms with Crippen LogP contribution in [0.2, 0.25) is 0 Å². The van der Waals surface area contributed by atoms with Gasteiger partial charge in [0, 0.05) is 23.7 Å². The molecule has 0 bridgehead atoms. The van der Waals surface area contributed by atoms with Gasteiger partial charge in [0.1, 0.15) is 5.60 Å². The normalized spacial score (nSPS) is 11.7. The molecule has 0 amide bonds. The van der Waals surface area contributed by atoms with Gasteiger partial charge in [-0.25, -0.2) is 0 Å². The fraction of sp³-hybridized carbons (Fsp3) is 0.133. The van der Waals surface area contributed by atoms with Crippen LogP contribution in [-0.4, -0.2) is 9.67 Å². The van der Waals surface area contributed by atoms with E-state index in [4.69, 9.17) is 0 Å². The molecule has 158 valence electrons. The van der Waals surface area contributed by atoms with Crippen molar-refractivity contribution >= 4 is 10.9 Å². The molecular weight excluding hydrogens is 390 g/mol. The Bertz CT molecular complexity index is 1300. The summed E-state index contributed by atoms with van der Waals surface area (Å²) in [5.74, 6) is 0. The minimum absolute atomic E-state index is 0.486. The second-order valence-electron chi connectivity index (χ2n) is 8.65. The number of nitrogens with zero attached hydrogens (tertiary/aromatic N) is 1. The maximum atomic E-state index is 12.2. The van der Waals surface area contributed by atoms with Crippen LogP contribution in [0.15, 0.2) is 109 Å². The first kappa shape index (κ1) is 20.3. The monoisotopic (exact) mass is 417 g/mol. The molecule has 2 nitrogen and oxygen atoms in total. The summed E-state index contributed by atoms with van der Waals surface area (Å²) in [5, 5.41) is 13.4. The van der Waals surface area contributed by atoms with Gasteiger partial charge in [0.25, 0.3) is 0 Å². The standard InChI is InChI=1S/C30H27NO/c1-22-12-16-25(17-13-22)30(32,26-18-14-23(2)15-19-26)20-24-21-31(27-8-4-3-5-9-27)29-11-7-6-10-28(24)29/h3-19,21,32H,20H2,1-2H3. The largest absolute Gasteiger partial charge is 0.380 e. The summed E-state index contributed by atoms with van der Waals surface area (Å²) in [4.78, 5) is 0. The highest BCUT2D eigenvalue weighted by Crippen LogP contribution is 2.37. The number of fused-ring (bicyclic) bond motifs is 1. The minimum atomic E-state index is -1.13. The summed E-state index contributed by atoms with van der Waals surface area (Å²) >= 11 is 0. The van der Waals surface area contributed by atoms with Crippen LogP contribution in [-0.2, 0) is 12.0 Å². The topological polar surface area (TPSA) is 25.2 Å². The predicted molar refractivity (Wildman–Crippen MR) is 132 cm³/mol. The molecule has 5 rings (SSSR count). The van der Waals surface area contributed by atoms with E-state index in [0.29, 0.717) is 6.42 Å². The third kappa shape index (κ3) is 3.63. The molecule has 0 aliphatic heterocycles. The Morgan fingerprint density at radius 3 is 1.78 bits per heavy atom. The van der Waals surface area contributed by atoms with E-state index in [-0.39, 0.29) is 0 Å². The first-order valence-corrected chi connectivity index (χ1v) is 11.1. The van der Waals surface area contributed by atoms with E-state index in [1.54, 1.807) is 0 Å². The quantitative estimate of drug-likeness (QED) is 0.337. The number of aryl methyl sites for hydroxylation is 2. The van der Waals surface area contributed by atoms with Gasteiger partial charge in [0.05, 0.1) is 5.52 Å². The lowest BCUT2D eigenvalue weighted by Gasteiger charge is -2.30. The lowest BCUT2D eigenvalue weighted by Crippen LogP contribution is -2.30. The van der Waals surface area contributed by atoms with E-state index in [9.17, 15) is 5.11 Å². The van der Waals surface area contributed by atoms with Crippen molar-refractivity contribution in [2.24, 2.45) is 0 Å². The van der Waals surface area contributed by atoms with Crippen LogP contribution >= 0.6 is 0 Å². The molecule has 0 fully saturated rings. The Morgan fingerprint density at radius 1 is 0.656 bits per heavy atom. The van der Waals surface area contributed by atoms with Crippen molar-refractivity contribution in [1.29, 1.82) is 0 Å². The molecule has 5 aromatic rings. The SMILES string of the molecule is Cc1ccc(C(O)(Cc2cn(-c3ccccc3)c3ccccc23)c2ccc(C)cc2)cc1. The van der Waals surface area contributed by atoms with Crippen LogP contribution in [0, 0.1) is 13.8 Å². The van der Waals surface area contributed by atoms with E-state index < -0.39 is 5.60 Å². The Labute approximate surface area is 189 Å². The van der Waals surface area contributed by atoms with E-state index in [1.807, 2.05) is 30.3 Å². The molecule has 0 saturated carbocycles. The molecule has 1 aromatic heterocycles. The van der Waals surface area contributed by atoms with Gasteiger partial charge in [0.2, 0.25) is 0 Å². The van der Waals surface area contributed by atoms with Gasteiger partial charge in [-0.05, 0) is 48.7 Å². The molecule has 1 heterocycles. The molecule has 0 atom stereocenters. The van der Waals surface area contributed by atoms with E-state index in [0.717, 1.165) is 33.3 Å². The summed E-state index contributed by atoms with van der Waals surface area (Å²) in [7, 11) is 0. The van der Waals surface area contributed by atoms with Crippen molar-refractivity contribution in [2.45, 2.75) is 25.9 Å². The van der Waals surface area contributed by atoms with E-state index in [2.05, 4.69) is 97.4 Å². The number of aromatic nitrogens is 1. The van der Waals surface area contributed by atoms with Crippen molar-refractivity contribution in [2.75, 3.05) is 0 Å². The van der Waals surface area contributed by atoms with Crippen LogP contribution in [0.4, 0.5) is 0 Å². The van der Waals surface area contributed by atoms with Gasteiger partial charge in [0.15, 0.2) is 0 Å². The molecule has 0 aliphatic rings. The highest BCUT2D eigenvalue weighted by molar-refractivity contribution is 5.86. The van der Waals surface area contributed by atoms with Crippen molar-refractivity contribution in [3.05, 3.63) is 137 Å². The maximum absolute atomic E-state index is 12.2. The predicted octanol–water partition coefficient (Wildman–Crippen LogP) is 6.73. The number of aliphatic hydroxyl groups is 1. The summed E-state index contributed by atoms with van der Waals surface area (Å²) < 4.78 is 2.22. The van der Waals surface area contributed by atoms with Crippen LogP contribution in [0.5, 0.6) is 0 Å². The fourth-order valence-corrected chi connectivity index (χ4v) is 4.50. The Morgan fingerprint density at radius 2 is 1.19 bits per heavy atom. The number of rotatable bonds is 5. The molecule has 0 radical (unpaired) electrons. The summed E-state index contributed by atoms with van der Waals surface area (Å²) in [6, 6.07) is 35.3. The summed E-state index contributed by atoms with van der Waals surface area (Å²) in [6.45, 7) is 4.14. The number of benzene rings is 4. The second-order valence-corrected chi connectivity index (χ2v) is 8.65. The molecule has 0 spiro atoms. The Hall–Kier alpha value is -3.62. The average Bonchev–Trinajstić information content (AvgIpc) is 3.18. The van der Waals surface area contributed by atoms with Crippen LogP contribution in [0.25, 0.3) is 16.6 Å². The van der Waals surface area contributed by atoms with Gasteiger partial charge in [-0.15, -0.1) is 0 Å². The average molecular weight is 418 g/mol. The first-order chi connectivity index (χ1) is 15.5. The second kappa shape index (κ2) is 8.14. The minimum Gasteiger partial charge on any atom is -0.380 e. The van der Waals surface area contributed by atoms with Crippen molar-refractivity contribution in [3.8, 4) is 5.69 Å². The zero-order valence-corrected chi connectivity index (χ0v) is 18.5. The molecule has 32 heavy (non-hydrogen) atoms. The van der Waals surface area contributed by atoms with Gasteiger partial charge in [-0.2, -0.15) is 0 Å².